The largest absolute Gasteiger partial charge is 1.00 e. The van der Waals surface area contributed by atoms with E-state index in [1.165, 1.54) is 6.42 Å². The number of carbonyl (C=O) groups is 1. The molecule has 7 heteroatoms. The van der Waals surface area contributed by atoms with E-state index in [9.17, 15) is 4.79 Å². The van der Waals surface area contributed by atoms with Crippen LogP contribution in [0, 0.1) is 5.92 Å². The van der Waals surface area contributed by atoms with Crippen molar-refractivity contribution in [3.63, 3.8) is 0 Å². The second kappa shape index (κ2) is 11.4. The van der Waals surface area contributed by atoms with Gasteiger partial charge in [-0.1, -0.05) is 55.0 Å². The van der Waals surface area contributed by atoms with E-state index in [0.29, 0.717) is 11.8 Å². The molecule has 4 aliphatic rings. The zero-order chi connectivity index (χ0) is 24.4. The number of oxazole rings is 1. The fraction of sp³-hybridized carbons (Fsp3) is 0.467. The molecule has 0 spiro atoms. The summed E-state index contributed by atoms with van der Waals surface area (Å²) in [5.74, 6) is 1.06. The van der Waals surface area contributed by atoms with Crippen molar-refractivity contribution in [1.82, 2.24) is 9.88 Å². The standard InChI is InChI=1S/C30H36N3O3.ClH/c34-30(28(24-10-4-1-5-11-24)32-16-8-3-9-17-32)36-27-21-33(18-14-23(27)15-19-33)20-26-22-35-29(31-26)25-12-6-2-7-13-25;/h1-2,4-7,10-13,22-23,27-28H,3,8-9,14-21H2;1H/q+1;/p-1/t23?,27-,28?,33?;/m0./s1. The van der Waals surface area contributed by atoms with Crippen molar-refractivity contribution < 1.29 is 30.8 Å². The molecule has 5 heterocycles. The normalized spacial score (nSPS) is 26.3. The number of piperidine rings is 4. The summed E-state index contributed by atoms with van der Waals surface area (Å²) in [7, 11) is 0. The first-order valence-corrected chi connectivity index (χ1v) is 13.5. The number of benzene rings is 2. The molecule has 0 amide bonds. The summed E-state index contributed by atoms with van der Waals surface area (Å²) in [6.07, 6.45) is 7.50. The van der Waals surface area contributed by atoms with Gasteiger partial charge < -0.3 is 26.0 Å². The summed E-state index contributed by atoms with van der Waals surface area (Å²) < 4.78 is 13.1. The minimum atomic E-state index is -0.306. The Morgan fingerprint density at radius 2 is 1.68 bits per heavy atom. The fourth-order valence-electron chi connectivity index (χ4n) is 6.53. The van der Waals surface area contributed by atoms with Gasteiger partial charge in [-0.05, 0) is 43.6 Å². The second-order valence-corrected chi connectivity index (χ2v) is 10.9. The highest BCUT2D eigenvalue weighted by Gasteiger charge is 2.48. The summed E-state index contributed by atoms with van der Waals surface area (Å²) in [5, 5.41) is 0. The van der Waals surface area contributed by atoms with Gasteiger partial charge in [-0.15, -0.1) is 0 Å². The molecule has 2 aromatic carbocycles. The van der Waals surface area contributed by atoms with Crippen LogP contribution >= 0.6 is 0 Å². The zero-order valence-electron chi connectivity index (χ0n) is 21.3. The molecule has 0 aliphatic carbocycles. The molecule has 4 saturated heterocycles. The Labute approximate surface area is 225 Å². The van der Waals surface area contributed by atoms with Gasteiger partial charge in [0.15, 0.2) is 6.10 Å². The molecule has 0 saturated carbocycles. The highest BCUT2D eigenvalue weighted by atomic mass is 35.5. The number of carbonyl (C=O) groups excluding carboxylic acids is 1. The van der Waals surface area contributed by atoms with Crippen LogP contribution in [-0.2, 0) is 16.1 Å². The van der Waals surface area contributed by atoms with Gasteiger partial charge in [-0.25, -0.2) is 9.78 Å². The lowest BCUT2D eigenvalue weighted by Crippen LogP contribution is -3.00. The van der Waals surface area contributed by atoms with Gasteiger partial charge in [0.05, 0.1) is 13.1 Å². The van der Waals surface area contributed by atoms with Crippen molar-refractivity contribution >= 4 is 5.97 Å². The molecule has 4 fully saturated rings. The van der Waals surface area contributed by atoms with E-state index in [1.54, 1.807) is 6.26 Å². The maximum Gasteiger partial charge on any atom is 0.328 e. The van der Waals surface area contributed by atoms with Gasteiger partial charge in [0.1, 0.15) is 31.1 Å². The van der Waals surface area contributed by atoms with Crippen molar-refractivity contribution in [3.8, 4) is 11.5 Å². The molecule has 196 valence electrons. The van der Waals surface area contributed by atoms with E-state index < -0.39 is 0 Å². The predicted molar refractivity (Wildman–Crippen MR) is 138 cm³/mol. The van der Waals surface area contributed by atoms with Crippen LogP contribution in [0.3, 0.4) is 0 Å². The van der Waals surface area contributed by atoms with Crippen molar-refractivity contribution in [2.75, 3.05) is 32.7 Å². The average Bonchev–Trinajstić information content (AvgIpc) is 3.39. The smallest absolute Gasteiger partial charge is 0.328 e. The van der Waals surface area contributed by atoms with E-state index in [4.69, 9.17) is 14.1 Å². The number of aromatic nitrogens is 1. The third-order valence-corrected chi connectivity index (χ3v) is 8.47. The molecule has 1 aromatic heterocycles. The minimum absolute atomic E-state index is 0. The molecule has 2 atom stereocenters. The first kappa shape index (κ1) is 26.0. The third kappa shape index (κ3) is 5.62. The van der Waals surface area contributed by atoms with Gasteiger partial charge in [-0.3, -0.25) is 4.90 Å². The van der Waals surface area contributed by atoms with Crippen LogP contribution in [0.4, 0.5) is 0 Å². The highest BCUT2D eigenvalue weighted by Crippen LogP contribution is 2.38. The Kier molecular flexibility index (Phi) is 7.98. The van der Waals surface area contributed by atoms with E-state index in [1.807, 2.05) is 48.5 Å². The molecule has 0 radical (unpaired) electrons. The topological polar surface area (TPSA) is 55.6 Å². The van der Waals surface area contributed by atoms with E-state index in [2.05, 4.69) is 17.0 Å². The number of fused-ring (bicyclic) bond motifs is 3. The molecule has 6 nitrogen and oxygen atoms in total. The molecular weight excluding hydrogens is 486 g/mol. The summed E-state index contributed by atoms with van der Waals surface area (Å²) in [5.41, 5.74) is 3.03. The number of quaternary nitrogens is 1. The van der Waals surface area contributed by atoms with Crippen LogP contribution in [0.1, 0.15) is 49.4 Å². The van der Waals surface area contributed by atoms with E-state index in [0.717, 1.165) is 86.3 Å². The number of esters is 1. The first-order chi connectivity index (χ1) is 17.7. The van der Waals surface area contributed by atoms with Gasteiger partial charge in [0.2, 0.25) is 5.89 Å². The summed E-state index contributed by atoms with van der Waals surface area (Å²) in [6.45, 7) is 5.83. The Bertz CT molecular complexity index is 1160. The Balaban J connectivity index is 0.00000280. The van der Waals surface area contributed by atoms with Crippen LogP contribution in [0.25, 0.3) is 11.5 Å². The molecule has 1 unspecified atom stereocenters. The highest BCUT2D eigenvalue weighted by molar-refractivity contribution is 5.78. The monoisotopic (exact) mass is 521 g/mol. The van der Waals surface area contributed by atoms with Gasteiger partial charge in [0.25, 0.3) is 0 Å². The van der Waals surface area contributed by atoms with Crippen LogP contribution < -0.4 is 12.4 Å². The number of hydrogen-bond acceptors (Lipinski definition) is 5. The maximum absolute atomic E-state index is 13.7. The number of hydrogen-bond donors (Lipinski definition) is 0. The van der Waals surface area contributed by atoms with Crippen molar-refractivity contribution in [1.29, 1.82) is 0 Å². The number of halogens is 1. The maximum atomic E-state index is 13.7. The Hall–Kier alpha value is -2.67. The number of ether oxygens (including phenoxy) is 1. The van der Waals surface area contributed by atoms with Gasteiger partial charge in [0, 0.05) is 24.3 Å². The van der Waals surface area contributed by atoms with E-state index >= 15 is 0 Å². The predicted octanol–water partition coefficient (Wildman–Crippen LogP) is 2.22. The number of nitrogens with zero attached hydrogens (tertiary/aromatic N) is 3. The third-order valence-electron chi connectivity index (χ3n) is 8.47. The van der Waals surface area contributed by atoms with Crippen molar-refractivity contribution in [3.05, 3.63) is 78.2 Å². The molecule has 7 rings (SSSR count). The molecular formula is C30H36ClN3O3. The van der Waals surface area contributed by atoms with Crippen molar-refractivity contribution in [2.45, 2.75) is 50.8 Å². The van der Waals surface area contributed by atoms with E-state index in [-0.39, 0.29) is 30.5 Å². The number of rotatable bonds is 7. The summed E-state index contributed by atoms with van der Waals surface area (Å²) in [4.78, 5) is 20.8. The molecule has 4 aliphatic heterocycles. The summed E-state index contributed by atoms with van der Waals surface area (Å²) >= 11 is 0. The fourth-order valence-corrected chi connectivity index (χ4v) is 6.53. The quantitative estimate of drug-likeness (QED) is 0.352. The lowest BCUT2D eigenvalue weighted by molar-refractivity contribution is -0.958. The molecule has 2 bridgehead atoms. The first-order valence-electron chi connectivity index (χ1n) is 13.5. The molecule has 0 N–H and O–H groups in total. The van der Waals surface area contributed by atoms with Crippen molar-refractivity contribution in [2.24, 2.45) is 5.92 Å². The minimum Gasteiger partial charge on any atom is -1.00 e. The lowest BCUT2D eigenvalue weighted by Gasteiger charge is -2.52. The average molecular weight is 522 g/mol. The second-order valence-electron chi connectivity index (χ2n) is 10.9. The number of likely N-dealkylation sites (tertiary alicyclic amines) is 1. The Morgan fingerprint density at radius 1 is 1.00 bits per heavy atom. The van der Waals surface area contributed by atoms with Gasteiger partial charge in [-0.2, -0.15) is 0 Å². The zero-order valence-corrected chi connectivity index (χ0v) is 22.1. The van der Waals surface area contributed by atoms with Gasteiger partial charge >= 0.3 is 5.97 Å². The van der Waals surface area contributed by atoms with Crippen LogP contribution in [-0.4, -0.2) is 59.2 Å². The van der Waals surface area contributed by atoms with Crippen LogP contribution in [0.2, 0.25) is 0 Å². The SMILES string of the molecule is O=C(O[C@H]1C[N+]2(Cc3coc(-c4ccccc4)n3)CCC1CC2)C(c1ccccc1)N1CCCCC1.[Cl-]. The molecule has 37 heavy (non-hydrogen) atoms. The Morgan fingerprint density at radius 3 is 2.38 bits per heavy atom. The summed E-state index contributed by atoms with van der Waals surface area (Å²) in [6, 6.07) is 19.9. The lowest BCUT2D eigenvalue weighted by atomic mass is 9.83. The molecule has 3 aromatic rings. The van der Waals surface area contributed by atoms with Crippen LogP contribution in [0.15, 0.2) is 71.3 Å². The van der Waals surface area contributed by atoms with Crippen LogP contribution in [0.5, 0.6) is 0 Å².